The molecule has 112 valence electrons. The molecule has 1 aliphatic heterocycles. The van der Waals surface area contributed by atoms with Crippen molar-refractivity contribution in [1.82, 2.24) is 10.0 Å². The van der Waals surface area contributed by atoms with Crippen molar-refractivity contribution >= 4 is 15.7 Å². The molecule has 0 spiro atoms. The molecule has 1 fully saturated rings. The van der Waals surface area contributed by atoms with E-state index in [1.807, 2.05) is 26.1 Å². The van der Waals surface area contributed by atoms with Gasteiger partial charge in [0.15, 0.2) is 0 Å². The average molecular weight is 297 g/mol. The Morgan fingerprint density at radius 3 is 2.55 bits per heavy atom. The van der Waals surface area contributed by atoms with Gasteiger partial charge in [-0.2, -0.15) is 0 Å². The summed E-state index contributed by atoms with van der Waals surface area (Å²) in [5.74, 6) is 0. The van der Waals surface area contributed by atoms with E-state index in [2.05, 4.69) is 14.9 Å². The molecule has 2 rings (SSSR count). The molecule has 6 heteroatoms. The van der Waals surface area contributed by atoms with Crippen molar-refractivity contribution in [2.75, 3.05) is 31.6 Å². The Morgan fingerprint density at radius 2 is 2.00 bits per heavy atom. The molecule has 1 aromatic rings. The third kappa shape index (κ3) is 3.50. The fourth-order valence-corrected chi connectivity index (χ4v) is 3.52. The van der Waals surface area contributed by atoms with E-state index < -0.39 is 10.0 Å². The zero-order chi connectivity index (χ0) is 14.6. The van der Waals surface area contributed by atoms with Crippen LogP contribution in [0.2, 0.25) is 0 Å². The maximum atomic E-state index is 12.0. The molecule has 1 aromatic carbocycles. The fourth-order valence-electron chi connectivity index (χ4n) is 2.39. The number of benzene rings is 1. The summed E-state index contributed by atoms with van der Waals surface area (Å²) in [7, 11) is -1.38. The summed E-state index contributed by atoms with van der Waals surface area (Å²) >= 11 is 0. The maximum absolute atomic E-state index is 12.0. The SMILES string of the molecule is CCCNS(=O)(=O)c1ccc(N2CCC(NC)C2)cc1. The Balaban J connectivity index is 2.07. The van der Waals surface area contributed by atoms with Gasteiger partial charge in [-0.3, -0.25) is 0 Å². The standard InChI is InChI=1S/C14H23N3O2S/c1-3-9-16-20(18,19)14-6-4-13(5-7-14)17-10-8-12(11-17)15-2/h4-7,12,15-16H,3,8-11H2,1-2H3. The van der Waals surface area contributed by atoms with E-state index in [0.29, 0.717) is 17.5 Å². The van der Waals surface area contributed by atoms with Gasteiger partial charge in [-0.1, -0.05) is 6.92 Å². The molecule has 1 aliphatic rings. The lowest BCUT2D eigenvalue weighted by Crippen LogP contribution is -2.29. The van der Waals surface area contributed by atoms with Gasteiger partial charge in [0.05, 0.1) is 4.90 Å². The van der Waals surface area contributed by atoms with Gasteiger partial charge in [-0.15, -0.1) is 0 Å². The zero-order valence-electron chi connectivity index (χ0n) is 12.1. The molecule has 0 amide bonds. The van der Waals surface area contributed by atoms with Crippen LogP contribution >= 0.6 is 0 Å². The van der Waals surface area contributed by atoms with E-state index in [1.165, 1.54) is 0 Å². The normalized spacial score (nSPS) is 19.5. The van der Waals surface area contributed by atoms with Gasteiger partial charge in [-0.05, 0) is 44.2 Å². The maximum Gasteiger partial charge on any atom is 0.240 e. The van der Waals surface area contributed by atoms with E-state index in [-0.39, 0.29) is 0 Å². The first-order valence-corrected chi connectivity index (χ1v) is 8.57. The monoisotopic (exact) mass is 297 g/mol. The minimum Gasteiger partial charge on any atom is -0.370 e. The number of anilines is 1. The van der Waals surface area contributed by atoms with Crippen LogP contribution in [0.15, 0.2) is 29.2 Å². The number of hydrogen-bond donors (Lipinski definition) is 2. The van der Waals surface area contributed by atoms with E-state index >= 15 is 0 Å². The molecule has 1 atom stereocenters. The van der Waals surface area contributed by atoms with Crippen LogP contribution in [0.5, 0.6) is 0 Å². The average Bonchev–Trinajstić information content (AvgIpc) is 2.94. The summed E-state index contributed by atoms with van der Waals surface area (Å²) in [5.41, 5.74) is 1.08. The highest BCUT2D eigenvalue weighted by Crippen LogP contribution is 2.22. The minimum atomic E-state index is -3.36. The third-order valence-electron chi connectivity index (χ3n) is 3.65. The minimum absolute atomic E-state index is 0.332. The highest BCUT2D eigenvalue weighted by atomic mass is 32.2. The number of nitrogens with one attached hydrogen (secondary N) is 2. The van der Waals surface area contributed by atoms with Gasteiger partial charge in [0.1, 0.15) is 0 Å². The number of hydrogen-bond acceptors (Lipinski definition) is 4. The Labute approximate surface area is 121 Å². The summed E-state index contributed by atoms with van der Waals surface area (Å²) in [6.45, 7) is 4.39. The summed E-state index contributed by atoms with van der Waals surface area (Å²) < 4.78 is 26.6. The van der Waals surface area contributed by atoms with Gasteiger partial charge in [0, 0.05) is 31.4 Å². The molecule has 0 bridgehead atoms. The van der Waals surface area contributed by atoms with Crippen molar-refractivity contribution in [1.29, 1.82) is 0 Å². The van der Waals surface area contributed by atoms with Crippen LogP contribution in [0.1, 0.15) is 19.8 Å². The van der Waals surface area contributed by atoms with Crippen molar-refractivity contribution in [3.63, 3.8) is 0 Å². The first kappa shape index (κ1) is 15.3. The number of likely N-dealkylation sites (N-methyl/N-ethyl adjacent to an activating group) is 1. The molecular formula is C14H23N3O2S. The Hall–Kier alpha value is -1.11. The Kier molecular flexibility index (Phi) is 5.01. The molecule has 1 heterocycles. The van der Waals surface area contributed by atoms with E-state index in [9.17, 15) is 8.42 Å². The molecule has 0 aromatic heterocycles. The van der Waals surface area contributed by atoms with Crippen LogP contribution in [0.3, 0.4) is 0 Å². The molecule has 5 nitrogen and oxygen atoms in total. The zero-order valence-corrected chi connectivity index (χ0v) is 12.9. The summed E-state index contributed by atoms with van der Waals surface area (Å²) in [6, 6.07) is 7.65. The quantitative estimate of drug-likeness (QED) is 0.827. The Bertz CT molecular complexity index is 528. The van der Waals surface area contributed by atoms with Crippen molar-refractivity contribution in [2.24, 2.45) is 0 Å². The second-order valence-corrected chi connectivity index (χ2v) is 6.88. The van der Waals surface area contributed by atoms with Crippen molar-refractivity contribution < 1.29 is 8.42 Å². The molecule has 0 saturated carbocycles. The fraction of sp³-hybridized carbons (Fsp3) is 0.571. The topological polar surface area (TPSA) is 61.4 Å². The van der Waals surface area contributed by atoms with E-state index in [4.69, 9.17) is 0 Å². The summed E-state index contributed by atoms with van der Waals surface area (Å²) in [6.07, 6.45) is 1.91. The molecule has 2 N–H and O–H groups in total. The third-order valence-corrected chi connectivity index (χ3v) is 5.13. The van der Waals surface area contributed by atoms with Crippen LogP contribution in [0.4, 0.5) is 5.69 Å². The molecule has 1 saturated heterocycles. The Morgan fingerprint density at radius 1 is 1.30 bits per heavy atom. The predicted octanol–water partition coefficient (Wildman–Crippen LogP) is 1.17. The summed E-state index contributed by atoms with van der Waals surface area (Å²) in [5, 5.41) is 3.27. The first-order valence-electron chi connectivity index (χ1n) is 7.08. The van der Waals surface area contributed by atoms with Crippen LogP contribution < -0.4 is 14.9 Å². The smallest absolute Gasteiger partial charge is 0.240 e. The van der Waals surface area contributed by atoms with E-state index in [0.717, 1.165) is 31.6 Å². The lowest BCUT2D eigenvalue weighted by Gasteiger charge is -2.19. The molecule has 1 unspecified atom stereocenters. The second kappa shape index (κ2) is 6.56. The molecular weight excluding hydrogens is 274 g/mol. The van der Waals surface area contributed by atoms with Gasteiger partial charge in [0.25, 0.3) is 0 Å². The van der Waals surface area contributed by atoms with Crippen molar-refractivity contribution in [3.8, 4) is 0 Å². The molecule has 0 aliphatic carbocycles. The summed E-state index contributed by atoms with van der Waals surface area (Å²) in [4.78, 5) is 2.61. The lowest BCUT2D eigenvalue weighted by molar-refractivity contribution is 0.581. The predicted molar refractivity (Wildman–Crippen MR) is 81.6 cm³/mol. The molecule has 20 heavy (non-hydrogen) atoms. The number of nitrogens with zero attached hydrogens (tertiary/aromatic N) is 1. The second-order valence-electron chi connectivity index (χ2n) is 5.11. The van der Waals surface area contributed by atoms with Gasteiger partial charge < -0.3 is 10.2 Å². The first-order chi connectivity index (χ1) is 9.56. The van der Waals surface area contributed by atoms with Crippen LogP contribution in [0, 0.1) is 0 Å². The van der Waals surface area contributed by atoms with Gasteiger partial charge >= 0.3 is 0 Å². The number of rotatable bonds is 6. The van der Waals surface area contributed by atoms with Crippen LogP contribution in [-0.4, -0.2) is 41.1 Å². The van der Waals surface area contributed by atoms with Crippen LogP contribution in [-0.2, 0) is 10.0 Å². The highest BCUT2D eigenvalue weighted by molar-refractivity contribution is 7.89. The molecule has 0 radical (unpaired) electrons. The van der Waals surface area contributed by atoms with Crippen molar-refractivity contribution in [3.05, 3.63) is 24.3 Å². The highest BCUT2D eigenvalue weighted by Gasteiger charge is 2.21. The number of sulfonamides is 1. The lowest BCUT2D eigenvalue weighted by atomic mass is 10.3. The van der Waals surface area contributed by atoms with E-state index in [1.54, 1.807) is 12.1 Å². The van der Waals surface area contributed by atoms with Gasteiger partial charge in [0.2, 0.25) is 10.0 Å². The van der Waals surface area contributed by atoms with Crippen molar-refractivity contribution in [2.45, 2.75) is 30.7 Å². The largest absolute Gasteiger partial charge is 0.370 e. The van der Waals surface area contributed by atoms with Crippen LogP contribution in [0.25, 0.3) is 0 Å². The van der Waals surface area contributed by atoms with Gasteiger partial charge in [-0.25, -0.2) is 13.1 Å².